The van der Waals surface area contributed by atoms with E-state index in [9.17, 15) is 9.59 Å². The lowest BCUT2D eigenvalue weighted by atomic mass is 10.1. The predicted octanol–water partition coefficient (Wildman–Crippen LogP) is 8.60. The molecule has 0 radical (unpaired) electrons. The smallest absolute Gasteiger partial charge is 0.279 e. The lowest BCUT2D eigenvalue weighted by Crippen LogP contribution is -2.51. The molecule has 4 aromatic carbocycles. The van der Waals surface area contributed by atoms with E-state index in [1.54, 1.807) is 0 Å². The molecule has 256 valence electrons. The third kappa shape index (κ3) is 10.9. The number of carbonyl (C=O) groups excluding carboxylic acids is 2. The summed E-state index contributed by atoms with van der Waals surface area (Å²) in [5.74, 6) is 0.180. The molecule has 0 aliphatic carbocycles. The van der Waals surface area contributed by atoms with Gasteiger partial charge in [-0.2, -0.15) is 0 Å². The second-order valence-electron chi connectivity index (χ2n) is 13.2. The van der Waals surface area contributed by atoms with Gasteiger partial charge in [0.25, 0.3) is 11.8 Å². The van der Waals surface area contributed by atoms with E-state index in [0.717, 1.165) is 81.9 Å². The minimum atomic E-state index is 0.0898. The van der Waals surface area contributed by atoms with Crippen LogP contribution in [0.3, 0.4) is 0 Å². The second kappa shape index (κ2) is 18.3. The molecule has 4 rings (SSSR count). The van der Waals surface area contributed by atoms with E-state index in [1.807, 2.05) is 76.2 Å². The number of hydrogen-bond acceptors (Lipinski definition) is 2. The first-order valence-corrected chi connectivity index (χ1v) is 17.5. The van der Waals surface area contributed by atoms with E-state index >= 15 is 0 Å². The average molecular weight is 651 g/mol. The van der Waals surface area contributed by atoms with Crippen LogP contribution in [0.2, 0.25) is 0 Å². The normalized spacial score (nSPS) is 11.3. The molecule has 0 bridgehead atoms. The Morgan fingerprint density at radius 1 is 0.458 bits per heavy atom. The van der Waals surface area contributed by atoms with Gasteiger partial charge in [0.1, 0.15) is 13.1 Å². The molecule has 0 aliphatic heterocycles. The van der Waals surface area contributed by atoms with Crippen LogP contribution in [0.4, 0.5) is 11.4 Å². The van der Waals surface area contributed by atoms with Gasteiger partial charge in [-0.25, -0.2) is 0 Å². The van der Waals surface area contributed by atoms with Gasteiger partial charge < -0.3 is 19.6 Å². The van der Waals surface area contributed by atoms with Crippen LogP contribution in [0, 0.1) is 27.7 Å². The summed E-state index contributed by atoms with van der Waals surface area (Å²) in [7, 11) is 0. The molecular weight excluding hydrogens is 592 g/mol. The summed E-state index contributed by atoms with van der Waals surface area (Å²) in [4.78, 5) is 25.4. The van der Waals surface area contributed by atoms with Crippen LogP contribution in [-0.2, 0) is 22.7 Å². The van der Waals surface area contributed by atoms with E-state index < -0.39 is 0 Å². The van der Waals surface area contributed by atoms with Crippen molar-refractivity contribution in [3.63, 3.8) is 0 Å². The standard InChI is InChI=1S/2C21H28N2O/c2*1-5-23(6-2,15-19-13-8-7-9-14-19)16-20(24)22-21-17(3)11-10-12-18(21)4/h2*7-14H,5-6,15-16H2,1-4H3/p+2. The molecule has 0 atom stereocenters. The number of carbonyl (C=O) groups is 2. The van der Waals surface area contributed by atoms with Gasteiger partial charge in [-0.1, -0.05) is 97.1 Å². The van der Waals surface area contributed by atoms with Gasteiger partial charge in [0.15, 0.2) is 13.1 Å². The van der Waals surface area contributed by atoms with Crippen molar-refractivity contribution in [1.82, 2.24) is 0 Å². The Hall–Kier alpha value is -4.26. The molecule has 0 unspecified atom stereocenters. The lowest BCUT2D eigenvalue weighted by molar-refractivity contribution is -0.930. The van der Waals surface area contributed by atoms with Crippen molar-refractivity contribution < 1.29 is 18.6 Å². The van der Waals surface area contributed by atoms with Crippen LogP contribution in [0.1, 0.15) is 61.1 Å². The summed E-state index contributed by atoms with van der Waals surface area (Å²) in [6, 6.07) is 33.1. The van der Waals surface area contributed by atoms with Gasteiger partial charge in [-0.3, -0.25) is 9.59 Å². The fraction of sp³-hybridized carbons (Fsp3) is 0.381. The number of likely N-dealkylation sites (N-methyl/N-ethyl adjacent to an activating group) is 2. The largest absolute Gasteiger partial charge is 0.321 e. The van der Waals surface area contributed by atoms with Crippen molar-refractivity contribution in [1.29, 1.82) is 0 Å². The molecule has 2 amide bonds. The van der Waals surface area contributed by atoms with Crippen LogP contribution >= 0.6 is 0 Å². The monoisotopic (exact) mass is 650 g/mol. The zero-order valence-electron chi connectivity index (χ0n) is 30.6. The number of amides is 2. The van der Waals surface area contributed by atoms with Crippen molar-refractivity contribution in [2.24, 2.45) is 0 Å². The van der Waals surface area contributed by atoms with Crippen molar-refractivity contribution in [3.05, 3.63) is 130 Å². The SMILES string of the molecule is CC[N+](CC)(CC(=O)Nc1c(C)cccc1C)Cc1ccccc1.CC[N+](CC)(CC(=O)Nc1c(C)cccc1C)Cc1ccccc1. The summed E-state index contributed by atoms with van der Waals surface area (Å²) < 4.78 is 1.53. The maximum atomic E-state index is 12.7. The van der Waals surface area contributed by atoms with Gasteiger partial charge in [0.2, 0.25) is 0 Å². The highest BCUT2D eigenvalue weighted by Gasteiger charge is 2.29. The number of para-hydroxylation sites is 2. The van der Waals surface area contributed by atoms with Crippen molar-refractivity contribution in [2.45, 2.75) is 68.5 Å². The van der Waals surface area contributed by atoms with Crippen LogP contribution in [-0.4, -0.2) is 60.0 Å². The van der Waals surface area contributed by atoms with Gasteiger partial charge in [0.05, 0.1) is 26.2 Å². The Morgan fingerprint density at radius 2 is 0.750 bits per heavy atom. The van der Waals surface area contributed by atoms with E-state index in [4.69, 9.17) is 0 Å². The highest BCUT2D eigenvalue weighted by atomic mass is 16.2. The highest BCUT2D eigenvalue weighted by Crippen LogP contribution is 2.22. The Balaban J connectivity index is 0.000000260. The van der Waals surface area contributed by atoms with Crippen LogP contribution in [0.15, 0.2) is 97.1 Å². The maximum absolute atomic E-state index is 12.7. The number of anilines is 2. The predicted molar refractivity (Wildman–Crippen MR) is 202 cm³/mol. The first-order valence-electron chi connectivity index (χ1n) is 17.5. The molecule has 0 saturated heterocycles. The first-order chi connectivity index (χ1) is 23.0. The molecule has 48 heavy (non-hydrogen) atoms. The number of nitrogens with zero attached hydrogens (tertiary/aromatic N) is 2. The van der Waals surface area contributed by atoms with E-state index in [1.165, 1.54) is 11.1 Å². The number of benzene rings is 4. The summed E-state index contributed by atoms with van der Waals surface area (Å²) in [5.41, 5.74) is 8.90. The molecule has 0 spiro atoms. The zero-order valence-corrected chi connectivity index (χ0v) is 30.6. The molecule has 0 aromatic heterocycles. The van der Waals surface area contributed by atoms with Gasteiger partial charge in [-0.05, 0) is 77.6 Å². The van der Waals surface area contributed by atoms with Crippen LogP contribution in [0.5, 0.6) is 0 Å². The third-order valence-electron chi connectivity index (χ3n) is 9.85. The number of hydrogen-bond donors (Lipinski definition) is 2. The summed E-state index contributed by atoms with van der Waals surface area (Å²) in [5, 5.41) is 6.27. The van der Waals surface area contributed by atoms with Gasteiger partial charge >= 0.3 is 0 Å². The minimum absolute atomic E-state index is 0.0898. The summed E-state index contributed by atoms with van der Waals surface area (Å²) in [6.45, 7) is 23.3. The lowest BCUT2D eigenvalue weighted by Gasteiger charge is -2.36. The Kier molecular flexibility index (Phi) is 14.6. The summed E-state index contributed by atoms with van der Waals surface area (Å²) >= 11 is 0. The number of nitrogens with one attached hydrogen (secondary N) is 2. The molecule has 0 fully saturated rings. The molecule has 4 aromatic rings. The quantitative estimate of drug-likeness (QED) is 0.134. The molecule has 6 nitrogen and oxygen atoms in total. The highest BCUT2D eigenvalue weighted by molar-refractivity contribution is 5.93. The fourth-order valence-corrected chi connectivity index (χ4v) is 6.39. The van der Waals surface area contributed by atoms with Crippen molar-refractivity contribution in [3.8, 4) is 0 Å². The summed E-state index contributed by atoms with van der Waals surface area (Å²) in [6.07, 6.45) is 0. The third-order valence-corrected chi connectivity index (χ3v) is 9.85. The van der Waals surface area contributed by atoms with E-state index in [0.29, 0.717) is 13.1 Å². The molecule has 2 N–H and O–H groups in total. The minimum Gasteiger partial charge on any atom is -0.321 e. The molecule has 0 aliphatic rings. The second-order valence-corrected chi connectivity index (χ2v) is 13.2. The number of aryl methyl sites for hydroxylation is 4. The molecule has 6 heteroatoms. The van der Waals surface area contributed by atoms with E-state index in [-0.39, 0.29) is 11.8 Å². The number of rotatable bonds is 14. The Bertz CT molecular complexity index is 1430. The van der Waals surface area contributed by atoms with Crippen LogP contribution < -0.4 is 10.6 Å². The van der Waals surface area contributed by atoms with Gasteiger partial charge in [0, 0.05) is 22.5 Å². The van der Waals surface area contributed by atoms with Crippen molar-refractivity contribution >= 4 is 23.2 Å². The van der Waals surface area contributed by atoms with Gasteiger partial charge in [-0.15, -0.1) is 0 Å². The van der Waals surface area contributed by atoms with Crippen LogP contribution in [0.25, 0.3) is 0 Å². The van der Waals surface area contributed by atoms with E-state index in [2.05, 4.69) is 86.9 Å². The molecule has 0 heterocycles. The molecule has 0 saturated carbocycles. The topological polar surface area (TPSA) is 58.2 Å². The Morgan fingerprint density at radius 3 is 1.02 bits per heavy atom. The Labute approximate surface area is 290 Å². The fourth-order valence-electron chi connectivity index (χ4n) is 6.39. The maximum Gasteiger partial charge on any atom is 0.279 e. The first kappa shape index (κ1) is 38.2. The average Bonchev–Trinajstić information content (AvgIpc) is 3.09. The van der Waals surface area contributed by atoms with Crippen molar-refractivity contribution in [2.75, 3.05) is 49.9 Å². The molecular formula is C42H58N4O2+2. The zero-order chi connectivity index (χ0) is 35.2. The number of quaternary nitrogens is 2.